The Bertz CT molecular complexity index is 431. The molecule has 0 spiro atoms. The minimum absolute atomic E-state index is 0.190. The van der Waals surface area contributed by atoms with Crippen LogP contribution in [0.1, 0.15) is 24.8 Å². The lowest BCUT2D eigenvalue weighted by Crippen LogP contribution is -2.54. The van der Waals surface area contributed by atoms with Gasteiger partial charge in [-0.3, -0.25) is 14.8 Å². The van der Waals surface area contributed by atoms with E-state index in [4.69, 9.17) is 5.73 Å². The monoisotopic (exact) mass is 274 g/mol. The predicted octanol–water partition coefficient (Wildman–Crippen LogP) is 1.12. The van der Waals surface area contributed by atoms with Crippen molar-refractivity contribution in [1.82, 2.24) is 14.8 Å². The molecule has 2 fully saturated rings. The van der Waals surface area contributed by atoms with E-state index in [0.29, 0.717) is 0 Å². The number of hydrogen-bond acceptors (Lipinski definition) is 4. The van der Waals surface area contributed by atoms with Crippen LogP contribution in [-0.4, -0.2) is 59.6 Å². The van der Waals surface area contributed by atoms with Gasteiger partial charge in [0.15, 0.2) is 0 Å². The SMILES string of the molecule is CN(CCc1ccncc1)C1(CN)CCN(C2CC2)C1. The molecule has 0 amide bonds. The van der Waals surface area contributed by atoms with Gasteiger partial charge in [0.1, 0.15) is 0 Å². The van der Waals surface area contributed by atoms with Crippen LogP contribution < -0.4 is 5.73 Å². The van der Waals surface area contributed by atoms with Crippen LogP contribution in [0.4, 0.5) is 0 Å². The predicted molar refractivity (Wildman–Crippen MR) is 81.6 cm³/mol. The van der Waals surface area contributed by atoms with Crippen LogP contribution in [0.5, 0.6) is 0 Å². The zero-order valence-electron chi connectivity index (χ0n) is 12.5. The second-order valence-corrected chi connectivity index (χ2v) is 6.41. The third-order valence-corrected chi connectivity index (χ3v) is 5.10. The quantitative estimate of drug-likeness (QED) is 0.844. The molecule has 110 valence electrons. The smallest absolute Gasteiger partial charge is 0.0467 e. The summed E-state index contributed by atoms with van der Waals surface area (Å²) >= 11 is 0. The van der Waals surface area contributed by atoms with Crippen molar-refractivity contribution in [3.05, 3.63) is 30.1 Å². The highest BCUT2D eigenvalue weighted by molar-refractivity contribution is 5.11. The van der Waals surface area contributed by atoms with Gasteiger partial charge in [0.05, 0.1) is 0 Å². The number of hydrogen-bond donors (Lipinski definition) is 1. The summed E-state index contributed by atoms with van der Waals surface area (Å²) in [6.07, 6.45) is 8.82. The fraction of sp³-hybridized carbons (Fsp3) is 0.688. The lowest BCUT2D eigenvalue weighted by molar-refractivity contribution is 0.129. The first-order chi connectivity index (χ1) is 9.73. The Morgan fingerprint density at radius 3 is 2.80 bits per heavy atom. The van der Waals surface area contributed by atoms with E-state index in [2.05, 4.69) is 34.0 Å². The minimum Gasteiger partial charge on any atom is -0.329 e. The maximum Gasteiger partial charge on any atom is 0.0467 e. The average Bonchev–Trinajstić information content (AvgIpc) is 3.25. The van der Waals surface area contributed by atoms with E-state index in [1.165, 1.54) is 31.4 Å². The number of likely N-dealkylation sites (N-methyl/N-ethyl adjacent to an activating group) is 1. The molecule has 2 heterocycles. The maximum atomic E-state index is 6.14. The largest absolute Gasteiger partial charge is 0.329 e. The van der Waals surface area contributed by atoms with Crippen LogP contribution in [0.15, 0.2) is 24.5 Å². The van der Waals surface area contributed by atoms with E-state index in [1.807, 2.05) is 12.4 Å². The van der Waals surface area contributed by atoms with Crippen LogP contribution in [0.25, 0.3) is 0 Å². The topological polar surface area (TPSA) is 45.4 Å². The van der Waals surface area contributed by atoms with Crippen LogP contribution in [0.2, 0.25) is 0 Å². The van der Waals surface area contributed by atoms with E-state index in [9.17, 15) is 0 Å². The molecule has 2 aliphatic rings. The van der Waals surface area contributed by atoms with Crippen molar-refractivity contribution in [1.29, 1.82) is 0 Å². The first kappa shape index (κ1) is 14.0. The molecule has 4 nitrogen and oxygen atoms in total. The summed E-state index contributed by atoms with van der Waals surface area (Å²) in [4.78, 5) is 9.22. The number of aromatic nitrogens is 1. The maximum absolute atomic E-state index is 6.14. The van der Waals surface area contributed by atoms with Crippen molar-refractivity contribution in [3.8, 4) is 0 Å². The lowest BCUT2D eigenvalue weighted by atomic mass is 9.96. The van der Waals surface area contributed by atoms with Crippen LogP contribution in [0.3, 0.4) is 0 Å². The lowest BCUT2D eigenvalue weighted by Gasteiger charge is -2.38. The zero-order chi connectivity index (χ0) is 14.0. The number of rotatable bonds is 6. The highest BCUT2D eigenvalue weighted by Crippen LogP contribution is 2.35. The Morgan fingerprint density at radius 1 is 1.40 bits per heavy atom. The summed E-state index contributed by atoms with van der Waals surface area (Å²) < 4.78 is 0. The Balaban J connectivity index is 1.58. The molecule has 2 N–H and O–H groups in total. The van der Waals surface area contributed by atoms with Gasteiger partial charge in [0, 0.05) is 50.2 Å². The Morgan fingerprint density at radius 2 is 2.15 bits per heavy atom. The van der Waals surface area contributed by atoms with Crippen molar-refractivity contribution < 1.29 is 0 Å². The van der Waals surface area contributed by atoms with Gasteiger partial charge < -0.3 is 5.73 Å². The highest BCUT2D eigenvalue weighted by atomic mass is 15.3. The zero-order valence-corrected chi connectivity index (χ0v) is 12.5. The molecule has 1 aliphatic heterocycles. The second-order valence-electron chi connectivity index (χ2n) is 6.41. The van der Waals surface area contributed by atoms with Crippen LogP contribution >= 0.6 is 0 Å². The standard InChI is InChI=1S/C16H26N4/c1-19(10-6-14-4-8-18-9-5-14)16(12-17)7-11-20(13-16)15-2-3-15/h4-5,8-9,15H,2-3,6-7,10-13,17H2,1H3. The first-order valence-corrected chi connectivity index (χ1v) is 7.78. The molecule has 1 atom stereocenters. The summed E-state index contributed by atoms with van der Waals surface area (Å²) in [5, 5.41) is 0. The van der Waals surface area contributed by atoms with Crippen molar-refractivity contribution in [2.75, 3.05) is 33.2 Å². The first-order valence-electron chi connectivity index (χ1n) is 7.78. The van der Waals surface area contributed by atoms with Gasteiger partial charge in [-0.15, -0.1) is 0 Å². The molecule has 1 aliphatic carbocycles. The Hall–Kier alpha value is -0.970. The minimum atomic E-state index is 0.190. The molecule has 3 rings (SSSR count). The van der Waals surface area contributed by atoms with E-state index >= 15 is 0 Å². The molecule has 0 bridgehead atoms. The number of likely N-dealkylation sites (tertiary alicyclic amines) is 1. The summed E-state index contributed by atoms with van der Waals surface area (Å²) in [6, 6.07) is 5.07. The van der Waals surface area contributed by atoms with Gasteiger partial charge in [0.25, 0.3) is 0 Å². The second kappa shape index (κ2) is 5.80. The van der Waals surface area contributed by atoms with Gasteiger partial charge in [0.2, 0.25) is 0 Å². The fourth-order valence-corrected chi connectivity index (χ4v) is 3.36. The molecular formula is C16H26N4. The van der Waals surface area contributed by atoms with E-state index in [-0.39, 0.29) is 5.54 Å². The third-order valence-electron chi connectivity index (χ3n) is 5.10. The summed E-state index contributed by atoms with van der Waals surface area (Å²) in [5.41, 5.74) is 7.69. The summed E-state index contributed by atoms with van der Waals surface area (Å²) in [7, 11) is 2.24. The molecule has 0 aromatic carbocycles. The number of nitrogens with zero attached hydrogens (tertiary/aromatic N) is 3. The summed E-state index contributed by atoms with van der Waals surface area (Å²) in [6.45, 7) is 4.21. The molecule has 0 radical (unpaired) electrons. The van der Waals surface area contributed by atoms with Crippen LogP contribution in [-0.2, 0) is 6.42 Å². The fourth-order valence-electron chi connectivity index (χ4n) is 3.36. The van der Waals surface area contributed by atoms with Crippen molar-refractivity contribution in [2.24, 2.45) is 5.73 Å². The van der Waals surface area contributed by atoms with Gasteiger partial charge in [-0.05, 0) is 50.4 Å². The normalized spacial score (nSPS) is 27.4. The average molecular weight is 274 g/mol. The molecule has 1 unspecified atom stereocenters. The van der Waals surface area contributed by atoms with E-state index in [0.717, 1.165) is 32.1 Å². The molecular weight excluding hydrogens is 248 g/mol. The van der Waals surface area contributed by atoms with Gasteiger partial charge >= 0.3 is 0 Å². The highest BCUT2D eigenvalue weighted by Gasteiger charge is 2.44. The van der Waals surface area contributed by atoms with E-state index in [1.54, 1.807) is 0 Å². The molecule has 1 aromatic heterocycles. The molecule has 20 heavy (non-hydrogen) atoms. The molecule has 1 saturated carbocycles. The number of nitrogens with two attached hydrogens (primary N) is 1. The summed E-state index contributed by atoms with van der Waals surface area (Å²) in [5.74, 6) is 0. The third kappa shape index (κ3) is 2.87. The van der Waals surface area contributed by atoms with E-state index < -0.39 is 0 Å². The van der Waals surface area contributed by atoms with Crippen molar-refractivity contribution in [2.45, 2.75) is 37.3 Å². The van der Waals surface area contributed by atoms with Crippen LogP contribution in [0, 0.1) is 0 Å². The molecule has 1 saturated heterocycles. The molecule has 1 aromatic rings. The van der Waals surface area contributed by atoms with Gasteiger partial charge in [-0.2, -0.15) is 0 Å². The van der Waals surface area contributed by atoms with Gasteiger partial charge in [-0.25, -0.2) is 0 Å². The van der Waals surface area contributed by atoms with Crippen molar-refractivity contribution in [3.63, 3.8) is 0 Å². The van der Waals surface area contributed by atoms with Gasteiger partial charge in [-0.1, -0.05) is 0 Å². The Kier molecular flexibility index (Phi) is 4.06. The Labute approximate surface area is 122 Å². The molecule has 4 heteroatoms. The van der Waals surface area contributed by atoms with Crippen molar-refractivity contribution >= 4 is 0 Å². The number of pyridine rings is 1.